The minimum atomic E-state index is -0.0678. The molecule has 2 fully saturated rings. The zero-order valence-corrected chi connectivity index (χ0v) is 11.6. The molecule has 1 saturated carbocycles. The number of anilines is 1. The average molecular weight is 273 g/mol. The van der Waals surface area contributed by atoms with Crippen molar-refractivity contribution in [1.29, 1.82) is 0 Å². The predicted molar refractivity (Wildman–Crippen MR) is 74.8 cm³/mol. The third kappa shape index (κ3) is 2.07. The van der Waals surface area contributed by atoms with Gasteiger partial charge in [0.25, 0.3) is 0 Å². The molecule has 2 atom stereocenters. The van der Waals surface area contributed by atoms with Crippen molar-refractivity contribution in [3.8, 4) is 0 Å². The first-order chi connectivity index (χ1) is 9.72. The molecule has 1 aliphatic heterocycles. The first-order valence-corrected chi connectivity index (χ1v) is 7.25. The zero-order valence-electron chi connectivity index (χ0n) is 11.6. The lowest BCUT2D eigenvalue weighted by Gasteiger charge is -2.17. The van der Waals surface area contributed by atoms with Crippen LogP contribution < -0.4 is 5.32 Å². The number of carbonyl (C=O) groups excluding carboxylic acids is 2. The molecule has 1 N–H and O–H groups in total. The quantitative estimate of drug-likeness (QED) is 0.850. The second-order valence-electron chi connectivity index (χ2n) is 5.45. The maximum Gasteiger partial charge on any atom is 0.233 e. The first-order valence-electron chi connectivity index (χ1n) is 7.25. The van der Waals surface area contributed by atoms with Crippen LogP contribution in [0.5, 0.6) is 0 Å². The Hall–Kier alpha value is -1.91. The Labute approximate surface area is 118 Å². The minimum Gasteiger partial charge on any atom is -0.370 e. The molecule has 1 aromatic heterocycles. The molecule has 0 aromatic carbocycles. The number of amides is 2. The number of likely N-dealkylation sites (tertiary alicyclic amines) is 1. The van der Waals surface area contributed by atoms with Crippen LogP contribution in [-0.4, -0.2) is 28.2 Å². The highest BCUT2D eigenvalue weighted by atomic mass is 16.2. The van der Waals surface area contributed by atoms with Gasteiger partial charge in [-0.2, -0.15) is 0 Å². The van der Waals surface area contributed by atoms with Crippen molar-refractivity contribution in [3.05, 3.63) is 23.9 Å². The van der Waals surface area contributed by atoms with E-state index >= 15 is 0 Å². The normalized spacial score (nSPS) is 25.1. The van der Waals surface area contributed by atoms with Crippen LogP contribution in [0.4, 0.5) is 5.82 Å². The van der Waals surface area contributed by atoms with Gasteiger partial charge in [-0.3, -0.25) is 14.5 Å². The van der Waals surface area contributed by atoms with Gasteiger partial charge in [0, 0.05) is 18.3 Å². The van der Waals surface area contributed by atoms with E-state index in [9.17, 15) is 9.59 Å². The summed E-state index contributed by atoms with van der Waals surface area (Å²) >= 11 is 0. The van der Waals surface area contributed by atoms with Crippen LogP contribution in [-0.2, 0) is 16.1 Å². The molecule has 1 aromatic rings. The lowest BCUT2D eigenvalue weighted by atomic mass is 10.00. The van der Waals surface area contributed by atoms with E-state index < -0.39 is 0 Å². The lowest BCUT2D eigenvalue weighted by molar-refractivity contribution is -0.141. The second-order valence-corrected chi connectivity index (χ2v) is 5.45. The number of hydrogen-bond acceptors (Lipinski definition) is 4. The van der Waals surface area contributed by atoms with Gasteiger partial charge >= 0.3 is 0 Å². The van der Waals surface area contributed by atoms with Crippen molar-refractivity contribution in [2.24, 2.45) is 11.8 Å². The van der Waals surface area contributed by atoms with Crippen molar-refractivity contribution in [1.82, 2.24) is 9.88 Å². The van der Waals surface area contributed by atoms with Gasteiger partial charge in [-0.15, -0.1) is 0 Å². The molecule has 2 amide bonds. The van der Waals surface area contributed by atoms with Gasteiger partial charge in [-0.05, 0) is 25.8 Å². The molecule has 1 saturated heterocycles. The van der Waals surface area contributed by atoms with Crippen molar-refractivity contribution in [2.75, 3.05) is 11.9 Å². The summed E-state index contributed by atoms with van der Waals surface area (Å²) in [6.07, 6.45) is 4.43. The highest BCUT2D eigenvalue weighted by Crippen LogP contribution is 2.40. The van der Waals surface area contributed by atoms with Gasteiger partial charge in [0.1, 0.15) is 5.82 Å². The molecule has 2 heterocycles. The van der Waals surface area contributed by atoms with Crippen molar-refractivity contribution < 1.29 is 9.59 Å². The first kappa shape index (κ1) is 13.1. The summed E-state index contributed by atoms with van der Waals surface area (Å²) in [7, 11) is 0. The molecule has 0 radical (unpaired) electrons. The van der Waals surface area contributed by atoms with E-state index in [1.54, 1.807) is 6.20 Å². The lowest BCUT2D eigenvalue weighted by Crippen LogP contribution is -2.31. The van der Waals surface area contributed by atoms with Crippen LogP contribution in [0.2, 0.25) is 0 Å². The Kier molecular flexibility index (Phi) is 3.42. The standard InChI is InChI=1S/C15H19N3O2/c1-2-16-13-10(5-4-8-17-13)9-18-14(19)11-6-3-7-12(11)15(18)20/h4-5,8,11-12H,2-3,6-7,9H2,1H3,(H,16,17). The topological polar surface area (TPSA) is 62.3 Å². The van der Waals surface area contributed by atoms with Crippen LogP contribution in [0.15, 0.2) is 18.3 Å². The number of fused-ring (bicyclic) bond motifs is 1. The summed E-state index contributed by atoms with van der Waals surface area (Å²) in [6.45, 7) is 3.09. The summed E-state index contributed by atoms with van der Waals surface area (Å²) in [5, 5.41) is 3.17. The van der Waals surface area contributed by atoms with Gasteiger partial charge < -0.3 is 5.32 Å². The maximum absolute atomic E-state index is 12.3. The van der Waals surface area contributed by atoms with E-state index in [-0.39, 0.29) is 23.7 Å². The number of imide groups is 1. The van der Waals surface area contributed by atoms with Crippen LogP contribution in [0.1, 0.15) is 31.7 Å². The van der Waals surface area contributed by atoms with E-state index in [0.29, 0.717) is 6.54 Å². The Morgan fingerprint density at radius 3 is 2.65 bits per heavy atom. The highest BCUT2D eigenvalue weighted by Gasteiger charge is 2.49. The van der Waals surface area contributed by atoms with Crippen molar-refractivity contribution in [3.63, 3.8) is 0 Å². The summed E-state index contributed by atoms with van der Waals surface area (Å²) in [5.41, 5.74) is 0.899. The monoisotopic (exact) mass is 273 g/mol. The molecule has 3 rings (SSSR count). The number of hydrogen-bond donors (Lipinski definition) is 1. The fourth-order valence-electron chi connectivity index (χ4n) is 3.28. The number of aromatic nitrogens is 1. The second kappa shape index (κ2) is 5.23. The van der Waals surface area contributed by atoms with E-state index in [4.69, 9.17) is 0 Å². The fourth-order valence-corrected chi connectivity index (χ4v) is 3.28. The fraction of sp³-hybridized carbons (Fsp3) is 0.533. The summed E-state index contributed by atoms with van der Waals surface area (Å²) < 4.78 is 0. The van der Waals surface area contributed by atoms with E-state index in [0.717, 1.165) is 37.2 Å². The number of carbonyl (C=O) groups is 2. The maximum atomic E-state index is 12.3. The van der Waals surface area contributed by atoms with Crippen LogP contribution >= 0.6 is 0 Å². The van der Waals surface area contributed by atoms with Gasteiger partial charge in [-0.1, -0.05) is 12.5 Å². The van der Waals surface area contributed by atoms with E-state index in [1.165, 1.54) is 4.90 Å². The van der Waals surface area contributed by atoms with E-state index in [2.05, 4.69) is 10.3 Å². The number of nitrogens with one attached hydrogen (secondary N) is 1. The molecular weight excluding hydrogens is 254 g/mol. The molecule has 5 heteroatoms. The minimum absolute atomic E-state index is 0.00352. The molecular formula is C15H19N3O2. The molecule has 20 heavy (non-hydrogen) atoms. The molecule has 2 aliphatic rings. The Balaban J connectivity index is 1.81. The molecule has 0 spiro atoms. The van der Waals surface area contributed by atoms with Crippen molar-refractivity contribution >= 4 is 17.6 Å². The van der Waals surface area contributed by atoms with Crippen LogP contribution in [0, 0.1) is 11.8 Å². The average Bonchev–Trinajstić information content (AvgIpc) is 3.01. The van der Waals surface area contributed by atoms with E-state index in [1.807, 2.05) is 19.1 Å². The van der Waals surface area contributed by atoms with Gasteiger partial charge in [0.05, 0.1) is 18.4 Å². The summed E-state index contributed by atoms with van der Waals surface area (Å²) in [6, 6.07) is 3.75. The zero-order chi connectivity index (χ0) is 14.1. The third-order valence-electron chi connectivity index (χ3n) is 4.25. The third-order valence-corrected chi connectivity index (χ3v) is 4.25. The predicted octanol–water partition coefficient (Wildman–Crippen LogP) is 1.80. The number of pyridine rings is 1. The largest absolute Gasteiger partial charge is 0.370 e. The molecule has 0 bridgehead atoms. The molecule has 106 valence electrons. The van der Waals surface area contributed by atoms with Crippen LogP contribution in [0.25, 0.3) is 0 Å². The highest BCUT2D eigenvalue weighted by molar-refractivity contribution is 6.05. The van der Waals surface area contributed by atoms with Crippen LogP contribution in [0.3, 0.4) is 0 Å². The Bertz CT molecular complexity index is 522. The molecule has 5 nitrogen and oxygen atoms in total. The van der Waals surface area contributed by atoms with Gasteiger partial charge in [0.15, 0.2) is 0 Å². The molecule has 2 unspecified atom stereocenters. The SMILES string of the molecule is CCNc1ncccc1CN1C(=O)C2CCCC2C1=O. The van der Waals surface area contributed by atoms with Gasteiger partial charge in [0.2, 0.25) is 11.8 Å². The Morgan fingerprint density at radius 2 is 2.00 bits per heavy atom. The number of nitrogens with zero attached hydrogens (tertiary/aromatic N) is 2. The summed E-state index contributed by atoms with van der Waals surface area (Å²) in [5.74, 6) is 0.628. The number of rotatable bonds is 4. The molecule has 1 aliphatic carbocycles. The smallest absolute Gasteiger partial charge is 0.233 e. The van der Waals surface area contributed by atoms with Crippen molar-refractivity contribution in [2.45, 2.75) is 32.7 Å². The Morgan fingerprint density at radius 1 is 1.30 bits per heavy atom. The summed E-state index contributed by atoms with van der Waals surface area (Å²) in [4.78, 5) is 30.4. The van der Waals surface area contributed by atoms with Gasteiger partial charge in [-0.25, -0.2) is 4.98 Å².